The number of ether oxygens (including phenoxy) is 1. The minimum atomic E-state index is -0.974. The largest absolute Gasteiger partial charge is 0.444 e. The number of benzene rings is 1. The molecule has 126 valence electrons. The standard InChI is InChI=1S/C15H22N4O4/c1-15(2,3)23-14(22)19-11-6-8(16)4-5-9(11)10(13(18)21)7-12(17)20/h4-6,10H,7,16H2,1-3H3,(H2,17,20)(H2,18,21)(H,19,22). The lowest BCUT2D eigenvalue weighted by atomic mass is 9.93. The second-order valence-corrected chi connectivity index (χ2v) is 6.10. The molecule has 0 aliphatic carbocycles. The summed E-state index contributed by atoms with van der Waals surface area (Å²) in [5, 5.41) is 2.52. The van der Waals surface area contributed by atoms with Gasteiger partial charge in [0, 0.05) is 12.1 Å². The van der Waals surface area contributed by atoms with E-state index < -0.39 is 29.4 Å². The van der Waals surface area contributed by atoms with E-state index in [1.165, 1.54) is 18.2 Å². The minimum Gasteiger partial charge on any atom is -0.444 e. The van der Waals surface area contributed by atoms with E-state index in [-0.39, 0.29) is 12.1 Å². The first kappa shape index (κ1) is 18.3. The van der Waals surface area contributed by atoms with Crippen LogP contribution in [0.25, 0.3) is 0 Å². The first-order valence-electron chi connectivity index (χ1n) is 6.96. The van der Waals surface area contributed by atoms with Crippen LogP contribution in [-0.2, 0) is 14.3 Å². The summed E-state index contributed by atoms with van der Waals surface area (Å²) < 4.78 is 5.16. The van der Waals surface area contributed by atoms with Gasteiger partial charge in [-0.05, 0) is 38.5 Å². The third-order valence-electron chi connectivity index (χ3n) is 2.84. The van der Waals surface area contributed by atoms with Crippen molar-refractivity contribution >= 4 is 29.3 Å². The quantitative estimate of drug-likeness (QED) is 0.597. The van der Waals surface area contributed by atoms with Crippen LogP contribution in [-0.4, -0.2) is 23.5 Å². The topological polar surface area (TPSA) is 151 Å². The molecule has 0 bridgehead atoms. The Balaban J connectivity index is 3.16. The summed E-state index contributed by atoms with van der Waals surface area (Å²) in [5.41, 5.74) is 16.4. The molecule has 0 heterocycles. The SMILES string of the molecule is CC(C)(C)OC(=O)Nc1cc(N)ccc1C(CC(N)=O)C(N)=O. The van der Waals surface area contributed by atoms with E-state index >= 15 is 0 Å². The fourth-order valence-electron chi connectivity index (χ4n) is 1.96. The van der Waals surface area contributed by atoms with Gasteiger partial charge in [0.25, 0.3) is 0 Å². The lowest BCUT2D eigenvalue weighted by molar-refractivity contribution is -0.124. The number of nitrogen functional groups attached to an aromatic ring is 1. The third kappa shape index (κ3) is 5.85. The van der Waals surface area contributed by atoms with Crippen LogP contribution in [0.3, 0.4) is 0 Å². The van der Waals surface area contributed by atoms with Crippen molar-refractivity contribution in [3.8, 4) is 0 Å². The van der Waals surface area contributed by atoms with Gasteiger partial charge in [-0.1, -0.05) is 6.07 Å². The molecule has 0 spiro atoms. The summed E-state index contributed by atoms with van der Waals surface area (Å²) in [4.78, 5) is 34.7. The molecule has 1 atom stereocenters. The van der Waals surface area contributed by atoms with Gasteiger partial charge in [0.2, 0.25) is 11.8 Å². The lowest BCUT2D eigenvalue weighted by Crippen LogP contribution is -2.30. The van der Waals surface area contributed by atoms with Gasteiger partial charge in [-0.15, -0.1) is 0 Å². The molecule has 0 aliphatic rings. The molecule has 8 nitrogen and oxygen atoms in total. The number of anilines is 2. The van der Waals surface area contributed by atoms with E-state index in [0.29, 0.717) is 11.3 Å². The van der Waals surface area contributed by atoms with Gasteiger partial charge in [-0.3, -0.25) is 14.9 Å². The zero-order chi connectivity index (χ0) is 17.8. The molecule has 8 heteroatoms. The Bertz CT molecular complexity index is 622. The van der Waals surface area contributed by atoms with Crippen LogP contribution in [0.5, 0.6) is 0 Å². The molecule has 0 radical (unpaired) electrons. The van der Waals surface area contributed by atoms with Gasteiger partial charge in [0.15, 0.2) is 0 Å². The Morgan fingerprint density at radius 3 is 2.30 bits per heavy atom. The molecule has 1 unspecified atom stereocenters. The van der Waals surface area contributed by atoms with E-state index in [0.717, 1.165) is 0 Å². The number of primary amides is 2. The Hall–Kier alpha value is -2.77. The van der Waals surface area contributed by atoms with E-state index in [9.17, 15) is 14.4 Å². The highest BCUT2D eigenvalue weighted by molar-refractivity contribution is 5.93. The van der Waals surface area contributed by atoms with Crippen LogP contribution in [0.4, 0.5) is 16.2 Å². The Labute approximate surface area is 134 Å². The maximum absolute atomic E-state index is 11.9. The molecule has 1 aromatic rings. The molecule has 0 aliphatic heterocycles. The molecule has 7 N–H and O–H groups in total. The molecule has 1 rings (SSSR count). The van der Waals surface area contributed by atoms with Crippen molar-refractivity contribution in [3.05, 3.63) is 23.8 Å². The number of carbonyl (C=O) groups is 3. The van der Waals surface area contributed by atoms with E-state index in [1.54, 1.807) is 20.8 Å². The number of hydrogen-bond acceptors (Lipinski definition) is 5. The summed E-state index contributed by atoms with van der Waals surface area (Å²) >= 11 is 0. The zero-order valence-electron chi connectivity index (χ0n) is 13.4. The van der Waals surface area contributed by atoms with Crippen LogP contribution in [0.1, 0.15) is 38.7 Å². The second-order valence-electron chi connectivity index (χ2n) is 6.10. The fourth-order valence-corrected chi connectivity index (χ4v) is 1.96. The number of hydrogen-bond donors (Lipinski definition) is 4. The second kappa shape index (κ2) is 6.99. The number of nitrogens with two attached hydrogens (primary N) is 3. The van der Waals surface area contributed by atoms with Gasteiger partial charge in [0.1, 0.15) is 5.60 Å². The van der Waals surface area contributed by atoms with Gasteiger partial charge in [-0.25, -0.2) is 4.79 Å². The molecule has 3 amide bonds. The van der Waals surface area contributed by atoms with Crippen LogP contribution >= 0.6 is 0 Å². The zero-order valence-corrected chi connectivity index (χ0v) is 13.4. The molecule has 0 aromatic heterocycles. The average molecular weight is 322 g/mol. The van der Waals surface area contributed by atoms with E-state index in [1.807, 2.05) is 0 Å². The Kier molecular flexibility index (Phi) is 5.56. The monoisotopic (exact) mass is 322 g/mol. The highest BCUT2D eigenvalue weighted by Gasteiger charge is 2.25. The van der Waals surface area contributed by atoms with Gasteiger partial charge in [0.05, 0.1) is 11.6 Å². The lowest BCUT2D eigenvalue weighted by Gasteiger charge is -2.22. The van der Waals surface area contributed by atoms with Crippen LogP contribution in [0.15, 0.2) is 18.2 Å². The Morgan fingerprint density at radius 1 is 1.22 bits per heavy atom. The smallest absolute Gasteiger partial charge is 0.412 e. The maximum Gasteiger partial charge on any atom is 0.412 e. The number of rotatable bonds is 5. The van der Waals surface area contributed by atoms with Crippen molar-refractivity contribution in [3.63, 3.8) is 0 Å². The highest BCUT2D eigenvalue weighted by Crippen LogP contribution is 2.29. The average Bonchev–Trinajstić information content (AvgIpc) is 2.33. The molecule has 23 heavy (non-hydrogen) atoms. The van der Waals surface area contributed by atoms with Gasteiger partial charge < -0.3 is 21.9 Å². The number of carbonyl (C=O) groups excluding carboxylic acids is 3. The van der Waals surface area contributed by atoms with Crippen molar-refractivity contribution in [2.24, 2.45) is 11.5 Å². The predicted molar refractivity (Wildman–Crippen MR) is 86.5 cm³/mol. The molecule has 1 aromatic carbocycles. The van der Waals surface area contributed by atoms with Crippen LogP contribution in [0, 0.1) is 0 Å². The Morgan fingerprint density at radius 2 is 1.83 bits per heavy atom. The summed E-state index contributed by atoms with van der Waals surface area (Å²) in [6, 6.07) is 4.50. The third-order valence-corrected chi connectivity index (χ3v) is 2.84. The molecular formula is C15H22N4O4. The summed E-state index contributed by atoms with van der Waals surface area (Å²) in [7, 11) is 0. The first-order valence-corrected chi connectivity index (χ1v) is 6.96. The normalized spacial score (nSPS) is 12.3. The highest BCUT2D eigenvalue weighted by atomic mass is 16.6. The molecule has 0 saturated heterocycles. The summed E-state index contributed by atoms with van der Waals surface area (Å²) in [5.74, 6) is -2.40. The first-order chi connectivity index (χ1) is 10.5. The molecular weight excluding hydrogens is 300 g/mol. The summed E-state index contributed by atoms with van der Waals surface area (Å²) in [6.07, 6.45) is -0.992. The van der Waals surface area contributed by atoms with E-state index in [4.69, 9.17) is 21.9 Å². The minimum absolute atomic E-state index is 0.240. The van der Waals surface area contributed by atoms with Crippen molar-refractivity contribution in [2.45, 2.75) is 38.7 Å². The predicted octanol–water partition coefficient (Wildman–Crippen LogP) is 1.06. The summed E-state index contributed by atoms with van der Waals surface area (Å²) in [6.45, 7) is 5.14. The van der Waals surface area contributed by atoms with Gasteiger partial charge in [-0.2, -0.15) is 0 Å². The van der Waals surface area contributed by atoms with Crippen molar-refractivity contribution in [2.75, 3.05) is 11.1 Å². The molecule has 0 fully saturated rings. The van der Waals surface area contributed by atoms with Crippen LogP contribution < -0.4 is 22.5 Å². The fraction of sp³-hybridized carbons (Fsp3) is 0.400. The van der Waals surface area contributed by atoms with Crippen LogP contribution in [0.2, 0.25) is 0 Å². The van der Waals surface area contributed by atoms with Crippen molar-refractivity contribution in [1.29, 1.82) is 0 Å². The van der Waals surface area contributed by atoms with Crippen molar-refractivity contribution in [1.82, 2.24) is 0 Å². The maximum atomic E-state index is 11.9. The van der Waals surface area contributed by atoms with Gasteiger partial charge >= 0.3 is 6.09 Å². The molecule has 0 saturated carbocycles. The number of amides is 3. The number of nitrogens with one attached hydrogen (secondary N) is 1. The van der Waals surface area contributed by atoms with Crippen molar-refractivity contribution < 1.29 is 19.1 Å². The van der Waals surface area contributed by atoms with E-state index in [2.05, 4.69) is 5.32 Å².